The molecule has 0 aromatic rings. The molecule has 0 heterocycles. The molecule has 0 rings (SSSR count). The van der Waals surface area contributed by atoms with Crippen LogP contribution in [0.3, 0.4) is 0 Å². The Labute approximate surface area is 452 Å². The lowest BCUT2D eigenvalue weighted by molar-refractivity contribution is -0.870. The van der Waals surface area contributed by atoms with Gasteiger partial charge in [0.25, 0.3) is 0 Å². The SMILES string of the molecule is CCCCC/C=C\C/C=C\CCCCCCCCCC(=O)OC(/C=C/CCCCCCCCCCCCC)C(COP(=O)(O)OCC[N+](C)(C)C)NC(=O)CCCCCCCCC/C=C/CCCCCCCC. The van der Waals surface area contributed by atoms with E-state index in [0.29, 0.717) is 17.4 Å². The summed E-state index contributed by atoms with van der Waals surface area (Å²) in [6.07, 6.45) is 65.2. The van der Waals surface area contributed by atoms with Gasteiger partial charge in [0.05, 0.1) is 33.8 Å². The zero-order chi connectivity index (χ0) is 53.6. The summed E-state index contributed by atoms with van der Waals surface area (Å²) in [4.78, 5) is 37.7. The van der Waals surface area contributed by atoms with Crippen molar-refractivity contribution in [2.75, 3.05) is 40.9 Å². The van der Waals surface area contributed by atoms with Gasteiger partial charge in [0, 0.05) is 12.8 Å². The number of esters is 1. The second-order valence-corrected chi connectivity index (χ2v) is 23.7. The minimum Gasteiger partial charge on any atom is -0.456 e. The summed E-state index contributed by atoms with van der Waals surface area (Å²) >= 11 is 0. The number of amides is 1. The van der Waals surface area contributed by atoms with E-state index in [1.54, 1.807) is 0 Å². The highest BCUT2D eigenvalue weighted by Gasteiger charge is 2.30. The van der Waals surface area contributed by atoms with E-state index in [1.165, 1.54) is 167 Å². The number of nitrogens with one attached hydrogen (secondary N) is 1. The lowest BCUT2D eigenvalue weighted by atomic mass is 10.0. The number of phosphoric acid groups is 1. The van der Waals surface area contributed by atoms with Crippen molar-refractivity contribution in [3.63, 3.8) is 0 Å². The molecule has 9 nitrogen and oxygen atoms in total. The van der Waals surface area contributed by atoms with Crippen molar-refractivity contribution >= 4 is 19.7 Å². The fourth-order valence-electron chi connectivity index (χ4n) is 8.91. The number of phosphoric ester groups is 1. The minimum absolute atomic E-state index is 0.0383. The highest BCUT2D eigenvalue weighted by atomic mass is 31.2. The quantitative estimate of drug-likeness (QED) is 0.0205. The van der Waals surface area contributed by atoms with Crippen molar-refractivity contribution in [3.05, 3.63) is 48.6 Å². The molecule has 0 bridgehead atoms. The summed E-state index contributed by atoms with van der Waals surface area (Å²) < 4.78 is 30.7. The third-order valence-electron chi connectivity index (χ3n) is 13.7. The first-order chi connectivity index (χ1) is 35.4. The van der Waals surface area contributed by atoms with E-state index in [4.69, 9.17) is 13.8 Å². The van der Waals surface area contributed by atoms with Gasteiger partial charge in [-0.3, -0.25) is 18.6 Å². The first-order valence-corrected chi connectivity index (χ1v) is 32.5. The Bertz CT molecular complexity index is 1390. The van der Waals surface area contributed by atoms with Gasteiger partial charge >= 0.3 is 13.8 Å². The molecular weight excluding hydrogens is 928 g/mol. The van der Waals surface area contributed by atoms with Crippen molar-refractivity contribution in [1.29, 1.82) is 0 Å². The number of ether oxygens (including phenoxy) is 1. The standard InChI is InChI=1S/C63H119N2O7P/c1-7-10-13-16-19-22-25-28-30-32-34-37-40-43-46-49-52-55-62(66)64-60(59-71-73(68,69)70-58-57-65(4,5)6)61(54-51-48-45-42-39-36-27-24-21-18-15-12-9-3)72-63(67)56-53-50-47-44-41-38-35-33-31-29-26-23-20-17-14-11-8-2/h20,23,28-31,51,54,60-61H,7-19,21-22,24-27,32-50,52-53,55-59H2,1-6H3,(H-,64,66,68,69)/p+1/b23-20-,30-28+,31-29-,54-51+. The monoisotopic (exact) mass is 1050 g/mol. The summed E-state index contributed by atoms with van der Waals surface area (Å²) in [5.74, 6) is -0.511. The van der Waals surface area contributed by atoms with Crippen LogP contribution in [-0.2, 0) is 27.9 Å². The van der Waals surface area contributed by atoms with Gasteiger partial charge in [-0.1, -0.05) is 237 Å². The zero-order valence-electron chi connectivity index (χ0n) is 48.9. The van der Waals surface area contributed by atoms with Crippen molar-refractivity contribution in [2.24, 2.45) is 0 Å². The largest absolute Gasteiger partial charge is 0.472 e. The Hall–Kier alpha value is -2.03. The lowest BCUT2D eigenvalue weighted by Gasteiger charge is -2.27. The molecule has 3 atom stereocenters. The predicted octanol–water partition coefficient (Wildman–Crippen LogP) is 18.9. The fraction of sp³-hybridized carbons (Fsp3) is 0.841. The van der Waals surface area contributed by atoms with E-state index >= 15 is 0 Å². The van der Waals surface area contributed by atoms with Crippen LogP contribution >= 0.6 is 7.82 Å². The van der Waals surface area contributed by atoms with Crippen LogP contribution in [0.15, 0.2) is 48.6 Å². The van der Waals surface area contributed by atoms with Crippen molar-refractivity contribution < 1.29 is 37.3 Å². The number of nitrogens with zero attached hydrogens (tertiary/aromatic N) is 1. The topological polar surface area (TPSA) is 111 Å². The van der Waals surface area contributed by atoms with E-state index < -0.39 is 20.0 Å². The van der Waals surface area contributed by atoms with Gasteiger partial charge in [-0.25, -0.2) is 4.57 Å². The molecule has 0 spiro atoms. The Balaban J connectivity index is 5.31. The normalized spacial score (nSPS) is 14.0. The molecule has 0 aliphatic carbocycles. The molecule has 0 aliphatic heterocycles. The number of hydrogen-bond acceptors (Lipinski definition) is 6. The van der Waals surface area contributed by atoms with E-state index in [-0.39, 0.29) is 31.5 Å². The molecule has 0 aromatic carbocycles. The van der Waals surface area contributed by atoms with Crippen LogP contribution in [0, 0.1) is 0 Å². The number of carbonyl (C=O) groups excluding carboxylic acids is 2. The van der Waals surface area contributed by atoms with Gasteiger partial charge in [-0.2, -0.15) is 0 Å². The van der Waals surface area contributed by atoms with Gasteiger partial charge in [0.2, 0.25) is 5.91 Å². The molecule has 0 aromatic heterocycles. The van der Waals surface area contributed by atoms with Gasteiger partial charge in [-0.05, 0) is 89.5 Å². The van der Waals surface area contributed by atoms with Gasteiger partial charge < -0.3 is 19.4 Å². The average Bonchev–Trinajstić information content (AvgIpc) is 3.35. The molecule has 0 fully saturated rings. The number of rotatable bonds is 56. The minimum atomic E-state index is -4.45. The molecule has 0 aliphatic rings. The number of unbranched alkanes of at least 4 members (excludes halogenated alkanes) is 34. The van der Waals surface area contributed by atoms with Crippen LogP contribution in [0.4, 0.5) is 0 Å². The maximum absolute atomic E-state index is 13.5. The van der Waals surface area contributed by atoms with E-state index in [2.05, 4.69) is 62.5 Å². The van der Waals surface area contributed by atoms with Gasteiger partial charge in [0.15, 0.2) is 0 Å². The second-order valence-electron chi connectivity index (χ2n) is 22.2. The Morgan fingerprint density at radius 2 is 0.836 bits per heavy atom. The van der Waals surface area contributed by atoms with Gasteiger partial charge in [-0.15, -0.1) is 0 Å². The molecular formula is C63H120N2O7P+. The van der Waals surface area contributed by atoms with E-state index in [9.17, 15) is 19.0 Å². The van der Waals surface area contributed by atoms with Crippen molar-refractivity contribution in [3.8, 4) is 0 Å². The third-order valence-corrected chi connectivity index (χ3v) is 14.7. The molecule has 0 saturated heterocycles. The molecule has 1 amide bonds. The van der Waals surface area contributed by atoms with Crippen molar-refractivity contribution in [1.82, 2.24) is 5.32 Å². The predicted molar refractivity (Wildman–Crippen MR) is 314 cm³/mol. The lowest BCUT2D eigenvalue weighted by Crippen LogP contribution is -2.47. The number of hydrogen-bond donors (Lipinski definition) is 2. The van der Waals surface area contributed by atoms with Gasteiger partial charge in [0.1, 0.15) is 19.3 Å². The molecule has 10 heteroatoms. The smallest absolute Gasteiger partial charge is 0.456 e. The van der Waals surface area contributed by atoms with Crippen LogP contribution in [0.2, 0.25) is 0 Å². The zero-order valence-corrected chi connectivity index (χ0v) is 49.8. The van der Waals surface area contributed by atoms with Crippen LogP contribution < -0.4 is 5.32 Å². The summed E-state index contributed by atoms with van der Waals surface area (Å²) in [6, 6.07) is -0.853. The van der Waals surface area contributed by atoms with Crippen LogP contribution in [0.1, 0.15) is 290 Å². The summed E-state index contributed by atoms with van der Waals surface area (Å²) in [5, 5.41) is 3.06. The highest BCUT2D eigenvalue weighted by molar-refractivity contribution is 7.47. The number of likely N-dealkylation sites (N-methyl/N-ethyl adjacent to an activating group) is 1. The Morgan fingerprint density at radius 1 is 0.479 bits per heavy atom. The molecule has 428 valence electrons. The number of carbonyl (C=O) groups is 2. The summed E-state index contributed by atoms with van der Waals surface area (Å²) in [6.45, 7) is 7.00. The van der Waals surface area contributed by atoms with Crippen molar-refractivity contribution in [2.45, 2.75) is 303 Å². The van der Waals surface area contributed by atoms with E-state index in [1.807, 2.05) is 33.3 Å². The van der Waals surface area contributed by atoms with Crippen LogP contribution in [0.25, 0.3) is 0 Å². The second kappa shape index (κ2) is 53.4. The first-order valence-electron chi connectivity index (χ1n) is 31.0. The van der Waals surface area contributed by atoms with E-state index in [0.717, 1.165) is 89.9 Å². The molecule has 0 saturated carbocycles. The molecule has 73 heavy (non-hydrogen) atoms. The fourth-order valence-corrected chi connectivity index (χ4v) is 9.64. The molecule has 2 N–H and O–H groups in total. The summed E-state index contributed by atoms with van der Waals surface area (Å²) in [7, 11) is 1.49. The molecule has 3 unspecified atom stereocenters. The Kier molecular flexibility index (Phi) is 51.9. The number of allylic oxidation sites excluding steroid dienone is 7. The highest BCUT2D eigenvalue weighted by Crippen LogP contribution is 2.43. The maximum atomic E-state index is 13.5. The number of quaternary nitrogens is 1. The van der Waals surface area contributed by atoms with Crippen LogP contribution in [0.5, 0.6) is 0 Å². The maximum Gasteiger partial charge on any atom is 0.472 e. The molecule has 0 radical (unpaired) electrons. The Morgan fingerprint density at radius 3 is 1.27 bits per heavy atom. The summed E-state index contributed by atoms with van der Waals surface area (Å²) in [5.41, 5.74) is 0. The average molecular weight is 1050 g/mol. The van der Waals surface area contributed by atoms with Crippen LogP contribution in [-0.4, -0.2) is 74.3 Å². The third kappa shape index (κ3) is 54.6. The first kappa shape index (κ1) is 71.0.